The number of rotatable bonds is 14. The molecule has 3 nitrogen and oxygen atoms in total. The van der Waals surface area contributed by atoms with Crippen molar-refractivity contribution in [1.82, 2.24) is 0 Å². The lowest BCUT2D eigenvalue weighted by atomic mass is 9.76. The number of nitrogens with zero attached hydrogens (tertiary/aromatic N) is 1. The van der Waals surface area contributed by atoms with Gasteiger partial charge in [-0.25, -0.2) is 0 Å². The first-order valence-corrected chi connectivity index (χ1v) is 9.09. The van der Waals surface area contributed by atoms with Crippen molar-refractivity contribution in [3.05, 3.63) is 0 Å². The lowest BCUT2D eigenvalue weighted by Crippen LogP contribution is -2.23. The van der Waals surface area contributed by atoms with E-state index in [-0.39, 0.29) is 5.96 Å². The van der Waals surface area contributed by atoms with Crippen LogP contribution in [-0.4, -0.2) is 12.5 Å². The van der Waals surface area contributed by atoms with Crippen LogP contribution in [0, 0.1) is 5.41 Å². The average Bonchev–Trinajstić information content (AvgIpc) is 2.45. The molecule has 0 radical (unpaired) electrons. The summed E-state index contributed by atoms with van der Waals surface area (Å²) in [5.74, 6) is 0.225. The Hall–Kier alpha value is -0.730. The zero-order chi connectivity index (χ0) is 16.0. The van der Waals surface area contributed by atoms with Gasteiger partial charge >= 0.3 is 0 Å². The molecule has 0 aromatic heterocycles. The molecule has 0 aliphatic carbocycles. The van der Waals surface area contributed by atoms with Crippen molar-refractivity contribution in [2.45, 2.75) is 97.8 Å². The fourth-order valence-corrected chi connectivity index (χ4v) is 3.05. The van der Waals surface area contributed by atoms with E-state index in [1.807, 2.05) is 0 Å². The van der Waals surface area contributed by atoms with E-state index in [1.54, 1.807) is 0 Å². The molecule has 3 heteroatoms. The van der Waals surface area contributed by atoms with E-state index in [2.05, 4.69) is 25.8 Å². The standard InChI is InChI=1S/C18H39N3/c1-4-6-8-10-13-18(3,14-11-9-7-5-2)15-12-16-21-17(19)20/h4-16H2,1-3H3,(H4,19,20,21). The van der Waals surface area contributed by atoms with Crippen LogP contribution in [0.15, 0.2) is 4.99 Å². The van der Waals surface area contributed by atoms with Gasteiger partial charge in [0, 0.05) is 6.54 Å². The van der Waals surface area contributed by atoms with Gasteiger partial charge in [0.25, 0.3) is 0 Å². The topological polar surface area (TPSA) is 64.4 Å². The van der Waals surface area contributed by atoms with Crippen molar-refractivity contribution >= 4 is 5.96 Å². The Kier molecular flexibility index (Phi) is 12.5. The van der Waals surface area contributed by atoms with Gasteiger partial charge in [0.1, 0.15) is 0 Å². The normalized spacial score (nSPS) is 11.6. The molecule has 0 atom stereocenters. The molecule has 126 valence electrons. The maximum Gasteiger partial charge on any atom is 0.185 e. The van der Waals surface area contributed by atoms with Gasteiger partial charge in [-0.05, 0) is 31.1 Å². The Balaban J connectivity index is 4.13. The van der Waals surface area contributed by atoms with Gasteiger partial charge < -0.3 is 11.5 Å². The molecule has 0 amide bonds. The largest absolute Gasteiger partial charge is 0.370 e. The van der Waals surface area contributed by atoms with Crippen LogP contribution in [0.5, 0.6) is 0 Å². The average molecular weight is 298 g/mol. The van der Waals surface area contributed by atoms with Gasteiger partial charge in [-0.1, -0.05) is 72.1 Å². The van der Waals surface area contributed by atoms with Crippen molar-refractivity contribution in [3.63, 3.8) is 0 Å². The summed E-state index contributed by atoms with van der Waals surface area (Å²) < 4.78 is 0. The zero-order valence-electron chi connectivity index (χ0n) is 14.8. The molecule has 0 unspecified atom stereocenters. The lowest BCUT2D eigenvalue weighted by Gasteiger charge is -2.30. The van der Waals surface area contributed by atoms with Crippen LogP contribution < -0.4 is 11.5 Å². The molecule has 0 saturated carbocycles. The molecule has 4 N–H and O–H groups in total. The smallest absolute Gasteiger partial charge is 0.185 e. The molecular formula is C18H39N3. The second-order valence-electron chi connectivity index (χ2n) is 6.84. The number of aliphatic imine (C=N–C) groups is 1. The molecule has 0 bridgehead atoms. The molecule has 0 rings (SSSR count). The molecule has 0 fully saturated rings. The number of nitrogens with two attached hydrogens (primary N) is 2. The molecule has 0 aromatic carbocycles. The summed E-state index contributed by atoms with van der Waals surface area (Å²) in [6, 6.07) is 0. The van der Waals surface area contributed by atoms with Crippen molar-refractivity contribution in [2.75, 3.05) is 6.54 Å². The van der Waals surface area contributed by atoms with Crippen LogP contribution >= 0.6 is 0 Å². The highest BCUT2D eigenvalue weighted by atomic mass is 15.0. The van der Waals surface area contributed by atoms with E-state index in [9.17, 15) is 0 Å². The van der Waals surface area contributed by atoms with Gasteiger partial charge in [-0.15, -0.1) is 0 Å². The quantitative estimate of drug-likeness (QED) is 0.269. The maximum absolute atomic E-state index is 5.40. The van der Waals surface area contributed by atoms with Gasteiger partial charge in [0.15, 0.2) is 5.96 Å². The van der Waals surface area contributed by atoms with Gasteiger partial charge in [-0.3, -0.25) is 4.99 Å². The minimum atomic E-state index is 0.225. The SMILES string of the molecule is CCCCCCC(C)(CCCCCC)CCCN=C(N)N. The van der Waals surface area contributed by atoms with Gasteiger partial charge in [0.05, 0.1) is 0 Å². The van der Waals surface area contributed by atoms with Crippen molar-refractivity contribution in [1.29, 1.82) is 0 Å². The van der Waals surface area contributed by atoms with E-state index in [0.29, 0.717) is 5.41 Å². The third kappa shape index (κ3) is 12.7. The van der Waals surface area contributed by atoms with Crippen LogP contribution in [0.25, 0.3) is 0 Å². The van der Waals surface area contributed by atoms with E-state index < -0.39 is 0 Å². The minimum absolute atomic E-state index is 0.225. The summed E-state index contributed by atoms with van der Waals surface area (Å²) in [6.07, 6.45) is 16.0. The van der Waals surface area contributed by atoms with Crippen molar-refractivity contribution in [2.24, 2.45) is 21.9 Å². The Morgan fingerprint density at radius 2 is 1.24 bits per heavy atom. The first-order chi connectivity index (χ1) is 10.0. The number of hydrogen-bond acceptors (Lipinski definition) is 1. The molecule has 0 aromatic rings. The molecule has 0 spiro atoms. The second kappa shape index (κ2) is 13.0. The van der Waals surface area contributed by atoms with Crippen molar-refractivity contribution < 1.29 is 0 Å². The predicted octanol–water partition coefficient (Wildman–Crippen LogP) is 4.99. The van der Waals surface area contributed by atoms with Crippen LogP contribution in [0.3, 0.4) is 0 Å². The maximum atomic E-state index is 5.40. The van der Waals surface area contributed by atoms with E-state index >= 15 is 0 Å². The van der Waals surface area contributed by atoms with E-state index in [1.165, 1.54) is 70.6 Å². The van der Waals surface area contributed by atoms with Gasteiger partial charge in [-0.2, -0.15) is 0 Å². The number of guanidine groups is 1. The third-order valence-electron chi connectivity index (χ3n) is 4.50. The first-order valence-electron chi connectivity index (χ1n) is 9.09. The first kappa shape index (κ1) is 20.3. The summed E-state index contributed by atoms with van der Waals surface area (Å²) in [7, 11) is 0. The summed E-state index contributed by atoms with van der Waals surface area (Å²) in [4.78, 5) is 4.12. The molecular weight excluding hydrogens is 258 g/mol. The summed E-state index contributed by atoms with van der Waals surface area (Å²) in [5.41, 5.74) is 11.3. The molecule has 0 saturated heterocycles. The van der Waals surface area contributed by atoms with Crippen LogP contribution in [0.1, 0.15) is 97.8 Å². The molecule has 0 heterocycles. The van der Waals surface area contributed by atoms with Crippen LogP contribution in [-0.2, 0) is 0 Å². The van der Waals surface area contributed by atoms with Gasteiger partial charge in [0.2, 0.25) is 0 Å². The monoisotopic (exact) mass is 297 g/mol. The number of hydrogen-bond donors (Lipinski definition) is 2. The van der Waals surface area contributed by atoms with Crippen molar-refractivity contribution in [3.8, 4) is 0 Å². The highest BCUT2D eigenvalue weighted by Crippen LogP contribution is 2.36. The lowest BCUT2D eigenvalue weighted by molar-refractivity contribution is 0.227. The Bertz CT molecular complexity index is 245. The fourth-order valence-electron chi connectivity index (χ4n) is 3.05. The highest BCUT2D eigenvalue weighted by Gasteiger charge is 2.22. The highest BCUT2D eigenvalue weighted by molar-refractivity contribution is 5.75. The molecule has 0 aliphatic heterocycles. The predicted molar refractivity (Wildman–Crippen MR) is 95.5 cm³/mol. The van der Waals surface area contributed by atoms with E-state index in [0.717, 1.165) is 13.0 Å². The number of unbranched alkanes of at least 4 members (excludes halogenated alkanes) is 6. The Labute approximate surface area is 133 Å². The molecule has 21 heavy (non-hydrogen) atoms. The summed E-state index contributed by atoms with van der Waals surface area (Å²) in [6.45, 7) is 7.81. The van der Waals surface area contributed by atoms with E-state index in [4.69, 9.17) is 11.5 Å². The summed E-state index contributed by atoms with van der Waals surface area (Å²) in [5, 5.41) is 0. The second-order valence-corrected chi connectivity index (χ2v) is 6.84. The Morgan fingerprint density at radius 1 is 0.762 bits per heavy atom. The zero-order valence-corrected chi connectivity index (χ0v) is 14.8. The fraction of sp³-hybridized carbons (Fsp3) is 0.944. The van der Waals surface area contributed by atoms with Crippen LogP contribution in [0.4, 0.5) is 0 Å². The third-order valence-corrected chi connectivity index (χ3v) is 4.50. The Morgan fingerprint density at radius 3 is 1.67 bits per heavy atom. The summed E-state index contributed by atoms with van der Waals surface area (Å²) >= 11 is 0. The minimum Gasteiger partial charge on any atom is -0.370 e. The van der Waals surface area contributed by atoms with Crippen LogP contribution in [0.2, 0.25) is 0 Å². The molecule has 0 aliphatic rings.